The molecule has 3 aliphatic rings. The summed E-state index contributed by atoms with van der Waals surface area (Å²) in [4.78, 5) is 17.5. The minimum absolute atomic E-state index is 0.161. The molecule has 5 nitrogen and oxygen atoms in total. The Kier molecular flexibility index (Phi) is 6.47. The topological polar surface area (TPSA) is 44.8 Å². The van der Waals surface area contributed by atoms with Crippen molar-refractivity contribution in [2.24, 2.45) is 0 Å². The molecule has 3 fully saturated rings. The molecule has 2 aromatic rings. The summed E-state index contributed by atoms with van der Waals surface area (Å²) in [5, 5.41) is 3.77. The van der Waals surface area contributed by atoms with Crippen molar-refractivity contribution < 1.29 is 9.53 Å². The van der Waals surface area contributed by atoms with Gasteiger partial charge in [0.2, 0.25) is 0 Å². The largest absolute Gasteiger partial charge is 0.497 e. The zero-order valence-electron chi connectivity index (χ0n) is 19.1. The number of likely N-dealkylation sites (tertiary alicyclic amines) is 2. The molecule has 1 amide bonds. The van der Waals surface area contributed by atoms with E-state index in [9.17, 15) is 4.79 Å². The molecule has 5 rings (SSSR count). The molecule has 0 aromatic heterocycles. The highest BCUT2D eigenvalue weighted by atomic mass is 16.5. The van der Waals surface area contributed by atoms with Gasteiger partial charge in [0.1, 0.15) is 5.75 Å². The van der Waals surface area contributed by atoms with E-state index in [-0.39, 0.29) is 11.9 Å². The van der Waals surface area contributed by atoms with Crippen LogP contribution in [0, 0.1) is 0 Å². The van der Waals surface area contributed by atoms with Crippen LogP contribution in [0.4, 0.5) is 0 Å². The first-order valence-electron chi connectivity index (χ1n) is 12.3. The fraction of sp³-hybridized carbons (Fsp3) is 0.519. The molecule has 170 valence electrons. The second-order valence-electron chi connectivity index (χ2n) is 9.45. The third-order valence-electron chi connectivity index (χ3n) is 7.51. The van der Waals surface area contributed by atoms with Gasteiger partial charge in [-0.1, -0.05) is 24.3 Å². The second-order valence-corrected chi connectivity index (χ2v) is 9.45. The number of methoxy groups -OCH3 is 1. The van der Waals surface area contributed by atoms with Gasteiger partial charge in [-0.2, -0.15) is 0 Å². The standard InChI is InChI=1S/C27H35N3O2/c1-32-23-8-4-7-22(19-23)26(30-18-6-9-24-25(30)10-5-15-28-24)20-11-13-21(14-12-20)27(31)29-16-2-3-17-29/h4,7-8,11-14,19,24-26,28H,2-3,5-6,9-10,15-18H2,1H3. The van der Waals surface area contributed by atoms with E-state index in [4.69, 9.17) is 4.74 Å². The number of carbonyl (C=O) groups excluding carboxylic acids is 1. The summed E-state index contributed by atoms with van der Waals surface area (Å²) in [7, 11) is 1.73. The molecule has 0 saturated carbocycles. The summed E-state index contributed by atoms with van der Waals surface area (Å²) in [6, 6.07) is 18.2. The van der Waals surface area contributed by atoms with E-state index in [1.165, 1.54) is 36.8 Å². The highest BCUT2D eigenvalue weighted by Crippen LogP contribution is 2.37. The number of fused-ring (bicyclic) bond motifs is 1. The van der Waals surface area contributed by atoms with Crippen LogP contribution in [0.5, 0.6) is 5.75 Å². The van der Waals surface area contributed by atoms with E-state index in [1.54, 1.807) is 7.11 Å². The molecule has 5 heteroatoms. The van der Waals surface area contributed by atoms with E-state index in [2.05, 4.69) is 40.5 Å². The maximum Gasteiger partial charge on any atom is 0.253 e. The Balaban J connectivity index is 1.48. The van der Waals surface area contributed by atoms with Crippen molar-refractivity contribution in [3.8, 4) is 5.75 Å². The molecule has 3 aliphatic heterocycles. The van der Waals surface area contributed by atoms with Crippen molar-refractivity contribution in [3.63, 3.8) is 0 Å². The first-order valence-corrected chi connectivity index (χ1v) is 12.3. The lowest BCUT2D eigenvalue weighted by molar-refractivity contribution is 0.0609. The fourth-order valence-corrected chi connectivity index (χ4v) is 5.91. The number of nitrogens with zero attached hydrogens (tertiary/aromatic N) is 2. The van der Waals surface area contributed by atoms with E-state index in [0.717, 1.165) is 50.3 Å². The quantitative estimate of drug-likeness (QED) is 0.766. The van der Waals surface area contributed by atoms with Gasteiger partial charge in [-0.05, 0) is 87.0 Å². The fourth-order valence-electron chi connectivity index (χ4n) is 5.91. The predicted octanol–water partition coefficient (Wildman–Crippen LogP) is 4.24. The number of benzene rings is 2. The Morgan fingerprint density at radius 3 is 2.56 bits per heavy atom. The molecule has 0 radical (unpaired) electrons. The first kappa shape index (κ1) is 21.5. The highest BCUT2D eigenvalue weighted by Gasteiger charge is 2.38. The zero-order valence-corrected chi connectivity index (χ0v) is 19.1. The smallest absolute Gasteiger partial charge is 0.253 e. The Bertz CT molecular complexity index is 921. The molecule has 1 N–H and O–H groups in total. The SMILES string of the molecule is COc1cccc(C(c2ccc(C(=O)N3CCCC3)cc2)N2CCCC3NCCCC32)c1. The van der Waals surface area contributed by atoms with Gasteiger partial charge in [0.25, 0.3) is 5.91 Å². The van der Waals surface area contributed by atoms with Gasteiger partial charge < -0.3 is 15.0 Å². The molecular formula is C27H35N3O2. The van der Waals surface area contributed by atoms with Crippen LogP contribution < -0.4 is 10.1 Å². The highest BCUT2D eigenvalue weighted by molar-refractivity contribution is 5.94. The van der Waals surface area contributed by atoms with Crippen molar-refractivity contribution in [2.45, 2.75) is 56.7 Å². The van der Waals surface area contributed by atoms with Gasteiger partial charge in [0.15, 0.2) is 0 Å². The lowest BCUT2D eigenvalue weighted by Crippen LogP contribution is -2.57. The maximum absolute atomic E-state index is 12.9. The van der Waals surface area contributed by atoms with Crippen LogP contribution in [-0.4, -0.2) is 61.1 Å². The maximum atomic E-state index is 12.9. The Labute approximate surface area is 191 Å². The average molecular weight is 434 g/mol. The second kappa shape index (κ2) is 9.63. The summed E-state index contributed by atoms with van der Waals surface area (Å²) >= 11 is 0. The first-order chi connectivity index (χ1) is 15.7. The number of carbonyl (C=O) groups is 1. The molecule has 0 aliphatic carbocycles. The van der Waals surface area contributed by atoms with Crippen LogP contribution in [0.3, 0.4) is 0 Å². The van der Waals surface area contributed by atoms with E-state index in [0.29, 0.717) is 12.1 Å². The number of amides is 1. The molecule has 0 bridgehead atoms. The van der Waals surface area contributed by atoms with Crippen LogP contribution >= 0.6 is 0 Å². The Morgan fingerprint density at radius 2 is 1.78 bits per heavy atom. The summed E-state index contributed by atoms with van der Waals surface area (Å²) in [6.07, 6.45) is 7.17. The van der Waals surface area contributed by atoms with Crippen molar-refractivity contribution >= 4 is 5.91 Å². The van der Waals surface area contributed by atoms with Crippen LogP contribution in [0.2, 0.25) is 0 Å². The minimum Gasteiger partial charge on any atom is -0.497 e. The van der Waals surface area contributed by atoms with Crippen molar-refractivity contribution in [3.05, 3.63) is 65.2 Å². The number of ether oxygens (including phenoxy) is 1. The number of rotatable bonds is 5. The molecule has 32 heavy (non-hydrogen) atoms. The Hall–Kier alpha value is -2.37. The normalized spacial score (nSPS) is 24.7. The predicted molar refractivity (Wildman–Crippen MR) is 127 cm³/mol. The van der Waals surface area contributed by atoms with Crippen LogP contribution in [0.15, 0.2) is 48.5 Å². The van der Waals surface area contributed by atoms with Crippen LogP contribution in [-0.2, 0) is 0 Å². The molecular weight excluding hydrogens is 398 g/mol. The molecule has 3 atom stereocenters. The van der Waals surface area contributed by atoms with Crippen molar-refractivity contribution in [1.29, 1.82) is 0 Å². The van der Waals surface area contributed by atoms with E-state index >= 15 is 0 Å². The number of piperidine rings is 2. The third kappa shape index (κ3) is 4.28. The lowest BCUT2D eigenvalue weighted by atomic mass is 9.85. The van der Waals surface area contributed by atoms with Crippen molar-refractivity contribution in [2.75, 3.05) is 33.3 Å². The minimum atomic E-state index is 0.161. The van der Waals surface area contributed by atoms with Crippen molar-refractivity contribution in [1.82, 2.24) is 15.1 Å². The van der Waals surface area contributed by atoms with E-state index in [1.807, 2.05) is 23.1 Å². The number of hydrogen-bond donors (Lipinski definition) is 1. The average Bonchev–Trinajstić information content (AvgIpc) is 3.40. The van der Waals surface area contributed by atoms with E-state index < -0.39 is 0 Å². The number of nitrogens with one attached hydrogen (secondary N) is 1. The van der Waals surface area contributed by atoms with Gasteiger partial charge in [-0.3, -0.25) is 9.69 Å². The summed E-state index contributed by atoms with van der Waals surface area (Å²) in [5.74, 6) is 1.06. The molecule has 3 unspecified atom stereocenters. The molecule has 3 saturated heterocycles. The molecule has 2 aromatic carbocycles. The Morgan fingerprint density at radius 1 is 0.969 bits per heavy atom. The molecule has 0 spiro atoms. The third-order valence-corrected chi connectivity index (χ3v) is 7.51. The lowest BCUT2D eigenvalue weighted by Gasteiger charge is -2.48. The van der Waals surface area contributed by atoms with Gasteiger partial charge in [-0.15, -0.1) is 0 Å². The number of hydrogen-bond acceptors (Lipinski definition) is 4. The molecule has 3 heterocycles. The summed E-state index contributed by atoms with van der Waals surface area (Å²) in [6.45, 7) is 4.00. The van der Waals surface area contributed by atoms with Gasteiger partial charge in [0.05, 0.1) is 13.2 Å². The van der Waals surface area contributed by atoms with Gasteiger partial charge in [-0.25, -0.2) is 0 Å². The monoisotopic (exact) mass is 433 g/mol. The zero-order chi connectivity index (χ0) is 21.9. The van der Waals surface area contributed by atoms with Crippen LogP contribution in [0.1, 0.15) is 66.1 Å². The van der Waals surface area contributed by atoms with Gasteiger partial charge in [0, 0.05) is 30.7 Å². The summed E-state index contributed by atoms with van der Waals surface area (Å²) < 4.78 is 5.56. The van der Waals surface area contributed by atoms with Gasteiger partial charge >= 0.3 is 0 Å². The summed E-state index contributed by atoms with van der Waals surface area (Å²) in [5.41, 5.74) is 3.31. The van der Waals surface area contributed by atoms with Crippen LogP contribution in [0.25, 0.3) is 0 Å².